The summed E-state index contributed by atoms with van der Waals surface area (Å²) in [5.74, 6) is -2.89. The van der Waals surface area contributed by atoms with Crippen LogP contribution < -0.4 is 4.72 Å². The molecule has 1 aromatic carbocycles. The van der Waals surface area contributed by atoms with E-state index in [2.05, 4.69) is 4.72 Å². The number of carboxylic acid groups (broad SMARTS) is 1. The zero-order chi connectivity index (χ0) is 15.3. The SMILES string of the molecule is CC1(C)CC1NS(=O)(=O)c1cc(Cl)cc(C(=O)O)c1F. The van der Waals surface area contributed by atoms with Gasteiger partial charge in [-0.3, -0.25) is 0 Å². The lowest BCUT2D eigenvalue weighted by atomic mass is 10.2. The van der Waals surface area contributed by atoms with Crippen molar-refractivity contribution in [3.8, 4) is 0 Å². The first-order chi connectivity index (χ1) is 9.04. The normalized spacial score (nSPS) is 20.7. The van der Waals surface area contributed by atoms with Crippen LogP contribution in [0, 0.1) is 11.2 Å². The summed E-state index contributed by atoms with van der Waals surface area (Å²) in [6.07, 6.45) is 0.639. The molecular formula is C12H13ClFNO4S. The molecule has 0 amide bonds. The predicted octanol–water partition coefficient (Wildman–Crippen LogP) is 2.25. The summed E-state index contributed by atoms with van der Waals surface area (Å²) in [6.45, 7) is 3.74. The molecule has 0 aromatic heterocycles. The van der Waals surface area contributed by atoms with E-state index in [0.29, 0.717) is 6.42 Å². The van der Waals surface area contributed by atoms with Crippen molar-refractivity contribution in [3.05, 3.63) is 28.5 Å². The minimum absolute atomic E-state index is 0.153. The highest BCUT2D eigenvalue weighted by atomic mass is 35.5. The number of nitrogens with one attached hydrogen (secondary N) is 1. The maximum atomic E-state index is 14.0. The van der Waals surface area contributed by atoms with E-state index >= 15 is 0 Å². The standard InChI is InChI=1S/C12H13ClFNO4S/c1-12(2)5-9(12)15-20(18,19)8-4-6(13)3-7(10(8)14)11(16)17/h3-4,9,15H,5H2,1-2H3,(H,16,17). The lowest BCUT2D eigenvalue weighted by Crippen LogP contribution is -2.29. The van der Waals surface area contributed by atoms with Gasteiger partial charge in [-0.2, -0.15) is 0 Å². The van der Waals surface area contributed by atoms with E-state index in [-0.39, 0.29) is 16.5 Å². The number of rotatable bonds is 4. The lowest BCUT2D eigenvalue weighted by Gasteiger charge is -2.10. The Labute approximate surface area is 120 Å². The molecule has 1 fully saturated rings. The summed E-state index contributed by atoms with van der Waals surface area (Å²) in [7, 11) is -4.15. The third-order valence-corrected chi connectivity index (χ3v) is 5.02. The summed E-state index contributed by atoms with van der Waals surface area (Å²) < 4.78 is 40.6. The third kappa shape index (κ3) is 2.79. The predicted molar refractivity (Wildman–Crippen MR) is 70.9 cm³/mol. The third-order valence-electron chi connectivity index (χ3n) is 3.33. The molecule has 1 aliphatic rings. The summed E-state index contributed by atoms with van der Waals surface area (Å²) >= 11 is 5.66. The number of hydrogen-bond donors (Lipinski definition) is 2. The Bertz CT molecular complexity index is 687. The van der Waals surface area contributed by atoms with Gasteiger partial charge >= 0.3 is 5.97 Å². The molecule has 8 heteroatoms. The van der Waals surface area contributed by atoms with Crippen LogP contribution in [0.1, 0.15) is 30.6 Å². The van der Waals surface area contributed by atoms with Gasteiger partial charge in [0.2, 0.25) is 10.0 Å². The molecule has 1 saturated carbocycles. The molecule has 1 aliphatic carbocycles. The summed E-state index contributed by atoms with van der Waals surface area (Å²) in [6, 6.07) is 1.49. The molecule has 0 radical (unpaired) electrons. The number of aromatic carboxylic acids is 1. The largest absolute Gasteiger partial charge is 0.478 e. The lowest BCUT2D eigenvalue weighted by molar-refractivity contribution is 0.0691. The molecule has 0 heterocycles. The van der Waals surface area contributed by atoms with Gasteiger partial charge in [-0.1, -0.05) is 25.4 Å². The smallest absolute Gasteiger partial charge is 0.338 e. The first-order valence-corrected chi connectivity index (χ1v) is 7.65. The van der Waals surface area contributed by atoms with Gasteiger partial charge in [0.1, 0.15) is 4.90 Å². The van der Waals surface area contributed by atoms with Crippen molar-refractivity contribution in [3.63, 3.8) is 0 Å². The Morgan fingerprint density at radius 1 is 1.50 bits per heavy atom. The van der Waals surface area contributed by atoms with Gasteiger partial charge in [-0.15, -0.1) is 0 Å². The number of hydrogen-bond acceptors (Lipinski definition) is 3. The molecule has 2 N–H and O–H groups in total. The van der Waals surface area contributed by atoms with Crippen LogP contribution in [0.3, 0.4) is 0 Å². The Balaban J connectivity index is 2.44. The molecule has 5 nitrogen and oxygen atoms in total. The average Bonchev–Trinajstić information content (AvgIpc) is 2.87. The number of halogens is 2. The van der Waals surface area contributed by atoms with Gasteiger partial charge in [0.25, 0.3) is 0 Å². The highest BCUT2D eigenvalue weighted by Crippen LogP contribution is 2.45. The van der Waals surface area contributed by atoms with E-state index in [1.54, 1.807) is 0 Å². The van der Waals surface area contributed by atoms with Crippen molar-refractivity contribution in [2.45, 2.75) is 31.2 Å². The molecular weight excluding hydrogens is 309 g/mol. The molecule has 1 aromatic rings. The fourth-order valence-corrected chi connectivity index (χ4v) is 3.65. The summed E-state index contributed by atoms with van der Waals surface area (Å²) in [5.41, 5.74) is -0.953. The van der Waals surface area contributed by atoms with Crippen LogP contribution in [-0.2, 0) is 10.0 Å². The van der Waals surface area contributed by atoms with Crippen LogP contribution >= 0.6 is 11.6 Å². The van der Waals surface area contributed by atoms with E-state index < -0.39 is 32.3 Å². The summed E-state index contributed by atoms with van der Waals surface area (Å²) in [5, 5.41) is 8.69. The molecule has 1 atom stereocenters. The molecule has 0 bridgehead atoms. The van der Waals surface area contributed by atoms with E-state index in [1.807, 2.05) is 13.8 Å². The van der Waals surface area contributed by atoms with Crippen LogP contribution in [0.4, 0.5) is 4.39 Å². The number of carboxylic acids is 1. The Kier molecular flexibility index (Phi) is 3.56. The fourth-order valence-electron chi connectivity index (χ4n) is 1.83. The van der Waals surface area contributed by atoms with Gasteiger partial charge in [-0.25, -0.2) is 22.3 Å². The van der Waals surface area contributed by atoms with Crippen molar-refractivity contribution >= 4 is 27.6 Å². The highest BCUT2D eigenvalue weighted by Gasteiger charge is 2.48. The van der Waals surface area contributed by atoms with Gasteiger partial charge in [0.15, 0.2) is 5.82 Å². The first kappa shape index (κ1) is 15.2. The van der Waals surface area contributed by atoms with Crippen molar-refractivity contribution in [1.29, 1.82) is 0 Å². The van der Waals surface area contributed by atoms with Crippen LogP contribution in [0.2, 0.25) is 5.02 Å². The topological polar surface area (TPSA) is 83.5 Å². The Hall–Kier alpha value is -1.18. The quantitative estimate of drug-likeness (QED) is 0.891. The fraction of sp³-hybridized carbons (Fsp3) is 0.417. The van der Waals surface area contributed by atoms with Crippen molar-refractivity contribution in [1.82, 2.24) is 4.72 Å². The second-order valence-corrected chi connectivity index (χ2v) is 7.56. The monoisotopic (exact) mass is 321 g/mol. The van der Waals surface area contributed by atoms with Crippen LogP contribution in [-0.4, -0.2) is 25.5 Å². The molecule has 0 spiro atoms. The second-order valence-electron chi connectivity index (χ2n) is 5.44. The molecule has 2 rings (SSSR count). The zero-order valence-electron chi connectivity index (χ0n) is 10.8. The van der Waals surface area contributed by atoms with Crippen molar-refractivity contribution < 1.29 is 22.7 Å². The van der Waals surface area contributed by atoms with Gasteiger partial charge < -0.3 is 5.11 Å². The molecule has 20 heavy (non-hydrogen) atoms. The van der Waals surface area contributed by atoms with E-state index in [0.717, 1.165) is 12.1 Å². The minimum atomic E-state index is -4.15. The zero-order valence-corrected chi connectivity index (χ0v) is 12.3. The number of sulfonamides is 1. The average molecular weight is 322 g/mol. The van der Waals surface area contributed by atoms with Crippen LogP contribution in [0.15, 0.2) is 17.0 Å². The van der Waals surface area contributed by atoms with Crippen molar-refractivity contribution in [2.24, 2.45) is 5.41 Å². The molecule has 0 saturated heterocycles. The maximum absolute atomic E-state index is 14.0. The Morgan fingerprint density at radius 3 is 2.50 bits per heavy atom. The van der Waals surface area contributed by atoms with Gasteiger partial charge in [0, 0.05) is 11.1 Å². The van der Waals surface area contributed by atoms with Gasteiger partial charge in [0.05, 0.1) is 5.56 Å². The summed E-state index contributed by atoms with van der Waals surface area (Å²) in [4.78, 5) is 10.1. The highest BCUT2D eigenvalue weighted by molar-refractivity contribution is 7.89. The number of carbonyl (C=O) groups is 1. The first-order valence-electron chi connectivity index (χ1n) is 5.79. The molecule has 0 aliphatic heterocycles. The van der Waals surface area contributed by atoms with E-state index in [9.17, 15) is 17.6 Å². The number of benzene rings is 1. The van der Waals surface area contributed by atoms with Crippen molar-refractivity contribution in [2.75, 3.05) is 0 Å². The molecule has 1 unspecified atom stereocenters. The Morgan fingerprint density at radius 2 is 2.05 bits per heavy atom. The second kappa shape index (κ2) is 4.68. The van der Waals surface area contributed by atoms with E-state index in [1.165, 1.54) is 0 Å². The van der Waals surface area contributed by atoms with E-state index in [4.69, 9.17) is 16.7 Å². The maximum Gasteiger partial charge on any atom is 0.338 e. The van der Waals surface area contributed by atoms with Crippen LogP contribution in [0.25, 0.3) is 0 Å². The van der Waals surface area contributed by atoms with Gasteiger partial charge in [-0.05, 0) is 24.0 Å². The minimum Gasteiger partial charge on any atom is -0.478 e. The van der Waals surface area contributed by atoms with Crippen LogP contribution in [0.5, 0.6) is 0 Å². The molecule has 110 valence electrons.